The number of carbonyl (C=O) groups is 1. The Balaban J connectivity index is 2.47. The Hall–Kier alpha value is -1.78. The van der Waals surface area contributed by atoms with Gasteiger partial charge in [-0.05, 0) is 18.2 Å². The molecular weight excluding hydrogens is 318 g/mol. The van der Waals surface area contributed by atoms with Gasteiger partial charge < -0.3 is 9.47 Å². The van der Waals surface area contributed by atoms with Crippen LogP contribution in [0.1, 0.15) is 15.9 Å². The highest BCUT2D eigenvalue weighted by Crippen LogP contribution is 2.32. The Kier molecular flexibility index (Phi) is 4.70. The van der Waals surface area contributed by atoms with E-state index in [0.717, 1.165) is 6.07 Å². The maximum atomic E-state index is 13.9. The van der Waals surface area contributed by atoms with Crippen molar-refractivity contribution in [1.29, 1.82) is 0 Å². The number of methoxy groups -OCH3 is 2. The molecule has 0 spiro atoms. The summed E-state index contributed by atoms with van der Waals surface area (Å²) >= 11 is 12.0. The summed E-state index contributed by atoms with van der Waals surface area (Å²) in [5.41, 5.74) is -0.00883. The predicted molar refractivity (Wildman–Crippen MR) is 79.4 cm³/mol. The van der Waals surface area contributed by atoms with E-state index in [1.165, 1.54) is 38.5 Å². The van der Waals surface area contributed by atoms with Crippen LogP contribution in [0.25, 0.3) is 0 Å². The van der Waals surface area contributed by atoms with E-state index in [0.29, 0.717) is 11.5 Å². The zero-order valence-electron chi connectivity index (χ0n) is 11.2. The van der Waals surface area contributed by atoms with Crippen LogP contribution in [0.15, 0.2) is 30.3 Å². The summed E-state index contributed by atoms with van der Waals surface area (Å²) in [6.07, 6.45) is 0. The molecule has 2 aromatic rings. The lowest BCUT2D eigenvalue weighted by molar-refractivity contribution is 0.103. The van der Waals surface area contributed by atoms with Crippen LogP contribution in [-0.2, 0) is 0 Å². The van der Waals surface area contributed by atoms with Crippen LogP contribution >= 0.6 is 23.2 Å². The zero-order chi connectivity index (χ0) is 15.6. The molecule has 0 N–H and O–H groups in total. The number of ketones is 1. The molecule has 0 bridgehead atoms. The predicted octanol–water partition coefficient (Wildman–Crippen LogP) is 4.38. The van der Waals surface area contributed by atoms with Gasteiger partial charge in [0.2, 0.25) is 0 Å². The minimum Gasteiger partial charge on any atom is -0.497 e. The molecular formula is C15H11Cl2FO3. The normalized spacial score (nSPS) is 10.3. The Morgan fingerprint density at radius 3 is 2.29 bits per heavy atom. The van der Waals surface area contributed by atoms with Crippen molar-refractivity contribution in [3.63, 3.8) is 0 Å². The van der Waals surface area contributed by atoms with Crippen molar-refractivity contribution < 1.29 is 18.7 Å². The lowest BCUT2D eigenvalue weighted by Crippen LogP contribution is -2.06. The van der Waals surface area contributed by atoms with Gasteiger partial charge in [-0.3, -0.25) is 4.79 Å². The Morgan fingerprint density at radius 1 is 1.00 bits per heavy atom. The molecule has 0 saturated carbocycles. The molecule has 0 aliphatic rings. The second-order valence-corrected chi connectivity index (χ2v) is 4.96. The van der Waals surface area contributed by atoms with Crippen molar-refractivity contribution >= 4 is 29.0 Å². The molecule has 0 heterocycles. The highest BCUT2D eigenvalue weighted by atomic mass is 35.5. The van der Waals surface area contributed by atoms with Gasteiger partial charge in [0.15, 0.2) is 5.78 Å². The van der Waals surface area contributed by atoms with Crippen molar-refractivity contribution in [3.05, 3.63) is 57.3 Å². The smallest absolute Gasteiger partial charge is 0.197 e. The monoisotopic (exact) mass is 328 g/mol. The maximum Gasteiger partial charge on any atom is 0.197 e. The zero-order valence-corrected chi connectivity index (χ0v) is 12.8. The molecule has 2 rings (SSSR count). The Labute approximate surface area is 131 Å². The third kappa shape index (κ3) is 3.12. The van der Waals surface area contributed by atoms with Crippen molar-refractivity contribution in [3.8, 4) is 11.5 Å². The van der Waals surface area contributed by atoms with Gasteiger partial charge in [0.25, 0.3) is 0 Å². The minimum absolute atomic E-state index is 0.103. The van der Waals surface area contributed by atoms with Crippen LogP contribution in [0.3, 0.4) is 0 Å². The lowest BCUT2D eigenvalue weighted by Gasteiger charge is -2.09. The highest BCUT2D eigenvalue weighted by Gasteiger charge is 2.19. The van der Waals surface area contributed by atoms with Gasteiger partial charge in [-0.25, -0.2) is 4.39 Å². The average molecular weight is 329 g/mol. The number of rotatable bonds is 4. The first-order valence-electron chi connectivity index (χ1n) is 5.89. The molecule has 0 saturated heterocycles. The van der Waals surface area contributed by atoms with Gasteiger partial charge in [-0.1, -0.05) is 23.2 Å². The van der Waals surface area contributed by atoms with Crippen LogP contribution in [0.2, 0.25) is 10.0 Å². The number of hydrogen-bond donors (Lipinski definition) is 0. The lowest BCUT2D eigenvalue weighted by atomic mass is 10.0. The second kappa shape index (κ2) is 6.33. The first kappa shape index (κ1) is 15.6. The number of hydrogen-bond acceptors (Lipinski definition) is 3. The van der Waals surface area contributed by atoms with Crippen LogP contribution in [0, 0.1) is 5.82 Å². The van der Waals surface area contributed by atoms with E-state index in [9.17, 15) is 9.18 Å². The van der Waals surface area contributed by atoms with E-state index >= 15 is 0 Å². The third-order valence-electron chi connectivity index (χ3n) is 2.91. The van der Waals surface area contributed by atoms with Crippen LogP contribution in [0.5, 0.6) is 11.5 Å². The molecule has 0 amide bonds. The summed E-state index contributed by atoms with van der Waals surface area (Å²) in [7, 11) is 2.85. The minimum atomic E-state index is -0.692. The summed E-state index contributed by atoms with van der Waals surface area (Å²) in [5, 5.41) is 0.357. The SMILES string of the molecule is COc1ccc(C(=O)c2cc(Cl)c(OC)cc2Cl)c(F)c1. The molecule has 6 heteroatoms. The first-order valence-corrected chi connectivity index (χ1v) is 6.64. The van der Waals surface area contributed by atoms with E-state index in [2.05, 4.69) is 0 Å². The number of carbonyl (C=O) groups excluding carboxylic acids is 1. The van der Waals surface area contributed by atoms with E-state index in [4.69, 9.17) is 32.7 Å². The molecule has 0 radical (unpaired) electrons. The van der Waals surface area contributed by atoms with Crippen molar-refractivity contribution in [2.24, 2.45) is 0 Å². The summed E-state index contributed by atoms with van der Waals surface area (Å²) in [4.78, 5) is 12.4. The Bertz CT molecular complexity index is 702. The molecule has 21 heavy (non-hydrogen) atoms. The number of halogens is 3. The standard InChI is InChI=1S/C15H11Cl2FO3/c1-20-8-3-4-9(13(18)5-8)15(19)10-6-12(17)14(21-2)7-11(10)16/h3-7H,1-2H3. The second-order valence-electron chi connectivity index (χ2n) is 4.14. The Morgan fingerprint density at radius 2 is 1.71 bits per heavy atom. The molecule has 0 aliphatic heterocycles. The van der Waals surface area contributed by atoms with Gasteiger partial charge in [0.05, 0.1) is 29.8 Å². The van der Waals surface area contributed by atoms with Gasteiger partial charge in [-0.2, -0.15) is 0 Å². The first-order chi connectivity index (χ1) is 9.97. The topological polar surface area (TPSA) is 35.5 Å². The van der Waals surface area contributed by atoms with Gasteiger partial charge in [-0.15, -0.1) is 0 Å². The average Bonchev–Trinajstić information content (AvgIpc) is 2.48. The molecule has 0 aromatic heterocycles. The van der Waals surface area contributed by atoms with Crippen LogP contribution in [0.4, 0.5) is 4.39 Å². The van der Waals surface area contributed by atoms with E-state index in [1.807, 2.05) is 0 Å². The summed E-state index contributed by atoms with van der Waals surface area (Å²) < 4.78 is 23.8. The van der Waals surface area contributed by atoms with Gasteiger partial charge in [0, 0.05) is 17.7 Å². The highest BCUT2D eigenvalue weighted by molar-refractivity contribution is 6.37. The molecule has 0 aliphatic carbocycles. The van der Waals surface area contributed by atoms with E-state index < -0.39 is 11.6 Å². The third-order valence-corrected chi connectivity index (χ3v) is 3.52. The van der Waals surface area contributed by atoms with E-state index in [-0.39, 0.29) is 21.2 Å². The summed E-state index contributed by atoms with van der Waals surface area (Å²) in [6, 6.07) is 6.74. The molecule has 0 unspecified atom stereocenters. The van der Waals surface area contributed by atoms with Crippen molar-refractivity contribution in [2.45, 2.75) is 0 Å². The molecule has 3 nitrogen and oxygen atoms in total. The van der Waals surface area contributed by atoms with Gasteiger partial charge in [0.1, 0.15) is 17.3 Å². The van der Waals surface area contributed by atoms with Crippen LogP contribution in [-0.4, -0.2) is 20.0 Å². The van der Waals surface area contributed by atoms with Crippen LogP contribution < -0.4 is 9.47 Å². The fourth-order valence-electron chi connectivity index (χ4n) is 1.81. The fourth-order valence-corrected chi connectivity index (χ4v) is 2.29. The quantitative estimate of drug-likeness (QED) is 0.781. The number of ether oxygens (including phenoxy) is 2. The molecule has 0 fully saturated rings. The number of benzene rings is 2. The molecule has 0 atom stereocenters. The molecule has 110 valence electrons. The van der Waals surface area contributed by atoms with Crippen molar-refractivity contribution in [1.82, 2.24) is 0 Å². The van der Waals surface area contributed by atoms with Gasteiger partial charge >= 0.3 is 0 Å². The van der Waals surface area contributed by atoms with E-state index in [1.54, 1.807) is 0 Å². The summed E-state index contributed by atoms with van der Waals surface area (Å²) in [5.74, 6) is -0.594. The largest absolute Gasteiger partial charge is 0.497 e. The summed E-state index contributed by atoms with van der Waals surface area (Å²) in [6.45, 7) is 0. The molecule has 2 aromatic carbocycles. The fraction of sp³-hybridized carbons (Fsp3) is 0.133. The maximum absolute atomic E-state index is 13.9. The van der Waals surface area contributed by atoms with Crippen molar-refractivity contribution in [2.75, 3.05) is 14.2 Å².